The summed E-state index contributed by atoms with van der Waals surface area (Å²) >= 11 is 0. The normalized spacial score (nSPS) is 16.3. The molecule has 0 saturated carbocycles. The number of hydrogen-bond donors (Lipinski definition) is 1. The number of fused-ring (bicyclic) bond motifs is 1. The lowest BCUT2D eigenvalue weighted by Gasteiger charge is -2.39. The summed E-state index contributed by atoms with van der Waals surface area (Å²) in [5.74, 6) is -0.370. The van der Waals surface area contributed by atoms with Gasteiger partial charge in [-0.15, -0.1) is 0 Å². The van der Waals surface area contributed by atoms with Crippen LogP contribution in [0.3, 0.4) is 0 Å². The first-order chi connectivity index (χ1) is 18.4. The van der Waals surface area contributed by atoms with Gasteiger partial charge in [0.05, 0.1) is 12.2 Å². The Morgan fingerprint density at radius 2 is 1.66 bits per heavy atom. The van der Waals surface area contributed by atoms with E-state index in [1.165, 1.54) is 17.7 Å². The van der Waals surface area contributed by atoms with E-state index < -0.39 is 12.4 Å². The number of likely N-dealkylation sites (tertiary alicyclic amines) is 1. The predicted octanol–water partition coefficient (Wildman–Crippen LogP) is 7.45. The van der Waals surface area contributed by atoms with Crippen LogP contribution in [0.4, 0.5) is 13.2 Å². The number of halogens is 3. The zero-order valence-electron chi connectivity index (χ0n) is 21.3. The maximum absolute atomic E-state index is 13.2. The van der Waals surface area contributed by atoms with Crippen LogP contribution < -0.4 is 0 Å². The van der Waals surface area contributed by atoms with E-state index in [1.54, 1.807) is 24.3 Å². The van der Waals surface area contributed by atoms with Crippen LogP contribution in [0, 0.1) is 5.92 Å². The van der Waals surface area contributed by atoms with Crippen molar-refractivity contribution in [3.63, 3.8) is 0 Å². The highest BCUT2D eigenvalue weighted by molar-refractivity contribution is 6.00. The molecule has 5 rings (SSSR count). The molecular formula is C32H32F3NO2. The van der Waals surface area contributed by atoms with Crippen LogP contribution in [0.1, 0.15) is 69.4 Å². The largest absolute Gasteiger partial charge is 0.478 e. The second-order valence-corrected chi connectivity index (χ2v) is 10.4. The molecule has 1 saturated heterocycles. The first-order valence-corrected chi connectivity index (χ1v) is 13.3. The zero-order chi connectivity index (χ0) is 26.6. The Labute approximate surface area is 221 Å². The predicted molar refractivity (Wildman–Crippen MR) is 144 cm³/mol. The number of nitrogens with zero attached hydrogens (tertiary/aromatic N) is 1. The molecule has 0 radical (unpaired) electrons. The summed E-state index contributed by atoms with van der Waals surface area (Å²) in [5, 5.41) is 9.53. The number of benzene rings is 3. The monoisotopic (exact) mass is 519 g/mol. The molecule has 3 nitrogen and oxygen atoms in total. The smallest absolute Gasteiger partial charge is 0.335 e. The van der Waals surface area contributed by atoms with E-state index in [-0.39, 0.29) is 17.8 Å². The molecule has 1 aliphatic carbocycles. The molecule has 0 unspecified atom stereocenters. The zero-order valence-corrected chi connectivity index (χ0v) is 21.3. The highest BCUT2D eigenvalue weighted by atomic mass is 19.3. The molecule has 1 heterocycles. The van der Waals surface area contributed by atoms with E-state index in [0.717, 1.165) is 78.7 Å². The fraction of sp³-hybridized carbons (Fsp3) is 0.344. The lowest BCUT2D eigenvalue weighted by molar-refractivity contribution is 0.0696. The standard InChI is InChI=1S/C32H32F3NO2/c33-15-2-16-36-19-22(20-36)17-21-5-7-24(8-6-21)30-28(23-9-11-25(12-10-23)31(34)35)4-1-3-26-18-27(32(37)38)13-14-29(26)30/h5-14,18,22,31H,1-4,15-17,19-20H2,(H,37,38). The number of allylic oxidation sites excluding steroid dienone is 1. The summed E-state index contributed by atoms with van der Waals surface area (Å²) in [4.78, 5) is 13.9. The summed E-state index contributed by atoms with van der Waals surface area (Å²) < 4.78 is 38.8. The molecule has 0 aromatic heterocycles. The Balaban J connectivity index is 1.49. The second kappa shape index (κ2) is 11.6. The summed E-state index contributed by atoms with van der Waals surface area (Å²) in [6, 6.07) is 20.4. The van der Waals surface area contributed by atoms with Crippen LogP contribution in [-0.2, 0) is 12.8 Å². The van der Waals surface area contributed by atoms with Crippen molar-refractivity contribution in [2.75, 3.05) is 26.3 Å². The van der Waals surface area contributed by atoms with Gasteiger partial charge in [0.15, 0.2) is 0 Å². The number of alkyl halides is 3. The van der Waals surface area contributed by atoms with Crippen LogP contribution in [0.2, 0.25) is 0 Å². The van der Waals surface area contributed by atoms with E-state index in [4.69, 9.17) is 0 Å². The van der Waals surface area contributed by atoms with Crippen molar-refractivity contribution in [3.05, 3.63) is 106 Å². The van der Waals surface area contributed by atoms with E-state index >= 15 is 0 Å². The Bertz CT molecular complexity index is 1310. The van der Waals surface area contributed by atoms with Crippen molar-refractivity contribution in [1.82, 2.24) is 4.90 Å². The van der Waals surface area contributed by atoms with Crippen LogP contribution in [-0.4, -0.2) is 42.3 Å². The molecule has 38 heavy (non-hydrogen) atoms. The van der Waals surface area contributed by atoms with Crippen molar-refractivity contribution >= 4 is 17.1 Å². The molecule has 3 aromatic rings. The molecule has 1 fully saturated rings. The van der Waals surface area contributed by atoms with Gasteiger partial charge < -0.3 is 10.0 Å². The average molecular weight is 520 g/mol. The average Bonchev–Trinajstić information content (AvgIpc) is 3.09. The summed E-state index contributed by atoms with van der Waals surface area (Å²) in [6.07, 6.45) is 1.41. The second-order valence-electron chi connectivity index (χ2n) is 10.4. The van der Waals surface area contributed by atoms with Gasteiger partial charge in [0.1, 0.15) is 0 Å². The van der Waals surface area contributed by atoms with Crippen LogP contribution in [0.25, 0.3) is 11.1 Å². The number of aromatic carboxylic acids is 1. The third-order valence-corrected chi connectivity index (χ3v) is 7.72. The Kier molecular flexibility index (Phi) is 7.98. The molecule has 0 bridgehead atoms. The lowest BCUT2D eigenvalue weighted by Crippen LogP contribution is -2.47. The number of rotatable bonds is 9. The molecule has 2 aliphatic rings. The third kappa shape index (κ3) is 5.70. The molecule has 0 atom stereocenters. The van der Waals surface area contributed by atoms with Gasteiger partial charge in [-0.25, -0.2) is 13.6 Å². The minimum absolute atomic E-state index is 0.000343. The van der Waals surface area contributed by atoms with E-state index in [9.17, 15) is 23.1 Å². The number of carbonyl (C=O) groups is 1. The molecule has 1 aliphatic heterocycles. The van der Waals surface area contributed by atoms with Gasteiger partial charge in [-0.05, 0) is 89.1 Å². The number of aryl methyl sites for hydroxylation is 1. The Morgan fingerprint density at radius 3 is 2.32 bits per heavy atom. The van der Waals surface area contributed by atoms with Gasteiger partial charge in [0.25, 0.3) is 6.43 Å². The fourth-order valence-corrected chi connectivity index (χ4v) is 5.78. The van der Waals surface area contributed by atoms with Crippen LogP contribution in [0.5, 0.6) is 0 Å². The fourth-order valence-electron chi connectivity index (χ4n) is 5.78. The highest BCUT2D eigenvalue weighted by Gasteiger charge is 2.26. The van der Waals surface area contributed by atoms with Crippen molar-refractivity contribution in [1.29, 1.82) is 0 Å². The minimum Gasteiger partial charge on any atom is -0.478 e. The Hall–Kier alpha value is -3.38. The molecule has 3 aromatic carbocycles. The first kappa shape index (κ1) is 26.2. The highest BCUT2D eigenvalue weighted by Crippen LogP contribution is 2.40. The van der Waals surface area contributed by atoms with Gasteiger partial charge in [-0.3, -0.25) is 4.39 Å². The van der Waals surface area contributed by atoms with E-state index in [1.807, 2.05) is 6.07 Å². The third-order valence-electron chi connectivity index (χ3n) is 7.72. The molecular weight excluding hydrogens is 487 g/mol. The summed E-state index contributed by atoms with van der Waals surface area (Å²) in [6.45, 7) is 2.57. The van der Waals surface area contributed by atoms with Gasteiger partial charge in [-0.1, -0.05) is 54.6 Å². The first-order valence-electron chi connectivity index (χ1n) is 13.3. The van der Waals surface area contributed by atoms with Gasteiger partial charge in [0, 0.05) is 25.2 Å². The quantitative estimate of drug-likeness (QED) is 0.319. The number of carboxylic acid groups (broad SMARTS) is 1. The van der Waals surface area contributed by atoms with Crippen molar-refractivity contribution < 1.29 is 23.1 Å². The Morgan fingerprint density at radius 1 is 0.947 bits per heavy atom. The van der Waals surface area contributed by atoms with Gasteiger partial charge in [0.2, 0.25) is 0 Å². The maximum Gasteiger partial charge on any atom is 0.335 e. The van der Waals surface area contributed by atoms with Crippen molar-refractivity contribution in [2.45, 2.75) is 38.5 Å². The molecule has 198 valence electrons. The van der Waals surface area contributed by atoms with Gasteiger partial charge >= 0.3 is 5.97 Å². The van der Waals surface area contributed by atoms with Crippen molar-refractivity contribution in [2.24, 2.45) is 5.92 Å². The molecule has 0 spiro atoms. The topological polar surface area (TPSA) is 40.5 Å². The van der Waals surface area contributed by atoms with Crippen LogP contribution >= 0.6 is 0 Å². The number of carboxylic acids is 1. The van der Waals surface area contributed by atoms with E-state index in [0.29, 0.717) is 12.3 Å². The maximum atomic E-state index is 13.2. The SMILES string of the molecule is O=C(O)c1ccc2c(c1)CCCC(c1ccc(C(F)F)cc1)=C2c1ccc(CC2CN(CCCF)C2)cc1. The van der Waals surface area contributed by atoms with Crippen LogP contribution in [0.15, 0.2) is 66.7 Å². The van der Waals surface area contributed by atoms with E-state index in [2.05, 4.69) is 29.2 Å². The number of hydrogen-bond acceptors (Lipinski definition) is 2. The summed E-state index contributed by atoms with van der Waals surface area (Å²) in [5.41, 5.74) is 7.57. The van der Waals surface area contributed by atoms with Gasteiger partial charge in [-0.2, -0.15) is 0 Å². The van der Waals surface area contributed by atoms with Crippen molar-refractivity contribution in [3.8, 4) is 0 Å². The molecule has 0 amide bonds. The molecule has 1 N–H and O–H groups in total. The minimum atomic E-state index is -2.51. The lowest BCUT2D eigenvalue weighted by atomic mass is 9.86. The molecule has 6 heteroatoms. The summed E-state index contributed by atoms with van der Waals surface area (Å²) in [7, 11) is 0.